The molecule has 1 aliphatic rings. The number of nitrogens with two attached hydrogens (primary N) is 2. The molecule has 2 atom stereocenters. The second-order valence-electron chi connectivity index (χ2n) is 6.80. The van der Waals surface area contributed by atoms with Gasteiger partial charge in [-0.3, -0.25) is 15.2 Å². The lowest BCUT2D eigenvalue weighted by Crippen LogP contribution is -2.42. The van der Waals surface area contributed by atoms with E-state index in [9.17, 15) is 4.79 Å². The largest absolute Gasteiger partial charge is 0.366 e. The molecule has 1 aliphatic carbocycles. The summed E-state index contributed by atoms with van der Waals surface area (Å²) in [5.74, 6) is 0.366. The third-order valence-corrected chi connectivity index (χ3v) is 4.66. The van der Waals surface area contributed by atoms with Crippen molar-refractivity contribution in [3.63, 3.8) is 0 Å². The zero-order chi connectivity index (χ0) is 20.6. The highest BCUT2D eigenvalue weighted by Crippen LogP contribution is 2.25. The molecule has 2 unspecified atom stereocenters. The van der Waals surface area contributed by atoms with Gasteiger partial charge in [-0.25, -0.2) is 4.98 Å². The summed E-state index contributed by atoms with van der Waals surface area (Å²) in [4.78, 5) is 20.5. The summed E-state index contributed by atoms with van der Waals surface area (Å²) in [6.45, 7) is 0. The molecule has 1 amide bonds. The van der Waals surface area contributed by atoms with E-state index in [4.69, 9.17) is 16.9 Å². The van der Waals surface area contributed by atoms with Crippen molar-refractivity contribution in [1.82, 2.24) is 9.97 Å². The molecule has 2 aromatic heterocycles. The Kier molecular flexibility index (Phi) is 6.69. The maximum Gasteiger partial charge on any atom is 0.252 e. The van der Waals surface area contributed by atoms with E-state index in [2.05, 4.69) is 31.1 Å². The molecule has 0 spiro atoms. The predicted molar refractivity (Wildman–Crippen MR) is 115 cm³/mol. The minimum absolute atomic E-state index is 0.0752. The van der Waals surface area contributed by atoms with Crippen molar-refractivity contribution >= 4 is 41.3 Å². The molecule has 1 saturated carbocycles. The van der Waals surface area contributed by atoms with Crippen LogP contribution in [0.4, 0.5) is 23.0 Å². The van der Waals surface area contributed by atoms with Crippen LogP contribution in [0, 0.1) is 5.41 Å². The van der Waals surface area contributed by atoms with Crippen molar-refractivity contribution in [3.8, 4) is 0 Å². The standard InChI is InChI=1S/C19H25N9O/c20-7-8-24-28-13-9-12(10-23-11-13)25-19-14(18(22)29)5-6-17(27-19)26-16-4-2-1-3-15(16)21/h5-11,15-16,20,28H,1-4,21H2,(H2,22,29)(H2,25,26,27)/b20-7?,24-8-. The normalized spacial score (nSPS) is 18.9. The fourth-order valence-electron chi connectivity index (χ4n) is 3.22. The van der Waals surface area contributed by atoms with Gasteiger partial charge in [0, 0.05) is 18.3 Å². The topological polar surface area (TPSA) is 167 Å². The molecular formula is C19H25N9O. The third kappa shape index (κ3) is 5.48. The number of hydrogen-bond acceptors (Lipinski definition) is 9. The number of anilines is 4. The van der Waals surface area contributed by atoms with Gasteiger partial charge >= 0.3 is 0 Å². The van der Waals surface area contributed by atoms with Crippen LogP contribution in [0.1, 0.15) is 36.0 Å². The Labute approximate surface area is 168 Å². The highest BCUT2D eigenvalue weighted by molar-refractivity contribution is 6.14. The number of rotatable bonds is 8. The van der Waals surface area contributed by atoms with Crippen LogP contribution >= 0.6 is 0 Å². The summed E-state index contributed by atoms with van der Waals surface area (Å²) in [7, 11) is 0. The smallest absolute Gasteiger partial charge is 0.252 e. The van der Waals surface area contributed by atoms with E-state index in [0.29, 0.717) is 23.0 Å². The van der Waals surface area contributed by atoms with Crippen LogP contribution in [0.3, 0.4) is 0 Å². The van der Waals surface area contributed by atoms with Crippen molar-refractivity contribution < 1.29 is 4.79 Å². The van der Waals surface area contributed by atoms with E-state index < -0.39 is 5.91 Å². The average molecular weight is 395 g/mol. The SMILES string of the molecule is N=C/C=N\Nc1cncc(Nc2nc(NC3CCCCC3N)ccc2C(N)=O)c1. The molecule has 1 fully saturated rings. The van der Waals surface area contributed by atoms with Gasteiger partial charge in [0.1, 0.15) is 11.6 Å². The van der Waals surface area contributed by atoms with Crippen molar-refractivity contribution in [2.24, 2.45) is 16.6 Å². The summed E-state index contributed by atoms with van der Waals surface area (Å²) in [5.41, 5.74) is 16.0. The Morgan fingerprint density at radius 3 is 2.79 bits per heavy atom. The van der Waals surface area contributed by atoms with Gasteiger partial charge in [-0.1, -0.05) is 12.8 Å². The number of hydrazone groups is 1. The van der Waals surface area contributed by atoms with Gasteiger partial charge in [-0.15, -0.1) is 0 Å². The minimum atomic E-state index is -0.585. The highest BCUT2D eigenvalue weighted by atomic mass is 16.1. The van der Waals surface area contributed by atoms with Gasteiger partial charge in [-0.05, 0) is 31.0 Å². The Morgan fingerprint density at radius 2 is 2.03 bits per heavy atom. The Balaban J connectivity index is 1.81. The van der Waals surface area contributed by atoms with Gasteiger partial charge < -0.3 is 27.5 Å². The monoisotopic (exact) mass is 395 g/mol. The molecular weight excluding hydrogens is 370 g/mol. The number of primary amides is 1. The second kappa shape index (κ2) is 9.60. The van der Waals surface area contributed by atoms with Crippen LogP contribution < -0.4 is 27.5 Å². The maximum atomic E-state index is 11.8. The fourth-order valence-corrected chi connectivity index (χ4v) is 3.22. The van der Waals surface area contributed by atoms with E-state index in [1.807, 2.05) is 0 Å². The van der Waals surface area contributed by atoms with Crippen LogP contribution in [-0.2, 0) is 0 Å². The Bertz CT molecular complexity index is 899. The van der Waals surface area contributed by atoms with Gasteiger partial charge in [0.05, 0.1) is 35.5 Å². The molecule has 10 nitrogen and oxygen atoms in total. The molecule has 0 radical (unpaired) electrons. The van der Waals surface area contributed by atoms with Crippen LogP contribution in [0.2, 0.25) is 0 Å². The molecule has 3 rings (SSSR count). The first kappa shape index (κ1) is 20.2. The van der Waals surface area contributed by atoms with Gasteiger partial charge in [-0.2, -0.15) is 5.10 Å². The summed E-state index contributed by atoms with van der Waals surface area (Å²) in [6, 6.07) is 5.33. The van der Waals surface area contributed by atoms with Gasteiger partial charge in [0.15, 0.2) is 0 Å². The molecule has 0 aliphatic heterocycles. The number of pyridine rings is 2. The third-order valence-electron chi connectivity index (χ3n) is 4.66. The molecule has 0 saturated heterocycles. The molecule has 2 heterocycles. The average Bonchev–Trinajstić information content (AvgIpc) is 2.70. The van der Waals surface area contributed by atoms with Crippen LogP contribution in [0.5, 0.6) is 0 Å². The lowest BCUT2D eigenvalue weighted by atomic mass is 9.91. The number of nitrogens with zero attached hydrogens (tertiary/aromatic N) is 3. The molecule has 152 valence electrons. The number of carbonyl (C=O) groups excluding carboxylic acids is 1. The first-order valence-electron chi connectivity index (χ1n) is 9.40. The van der Waals surface area contributed by atoms with Crippen molar-refractivity contribution in [2.45, 2.75) is 37.8 Å². The summed E-state index contributed by atoms with van der Waals surface area (Å²) in [5, 5.41) is 17.2. The highest BCUT2D eigenvalue weighted by Gasteiger charge is 2.22. The van der Waals surface area contributed by atoms with E-state index in [1.165, 1.54) is 6.21 Å². The van der Waals surface area contributed by atoms with Crippen LogP contribution in [-0.4, -0.2) is 40.4 Å². The fraction of sp³-hybridized carbons (Fsp3) is 0.316. The van der Waals surface area contributed by atoms with Crippen LogP contribution in [0.25, 0.3) is 0 Å². The van der Waals surface area contributed by atoms with Gasteiger partial charge in [0.25, 0.3) is 5.91 Å². The summed E-state index contributed by atoms with van der Waals surface area (Å²) >= 11 is 0. The van der Waals surface area contributed by atoms with Crippen molar-refractivity contribution in [1.29, 1.82) is 5.41 Å². The Hall–Kier alpha value is -3.53. The minimum Gasteiger partial charge on any atom is -0.366 e. The number of amides is 1. The van der Waals surface area contributed by atoms with E-state index in [0.717, 1.165) is 31.9 Å². The summed E-state index contributed by atoms with van der Waals surface area (Å²) in [6.07, 6.45) is 9.76. The number of nitrogens with one attached hydrogen (secondary N) is 4. The zero-order valence-electron chi connectivity index (χ0n) is 15.9. The lowest BCUT2D eigenvalue weighted by Gasteiger charge is -2.29. The van der Waals surface area contributed by atoms with Gasteiger partial charge in [0.2, 0.25) is 0 Å². The molecule has 0 bridgehead atoms. The number of hydrogen-bond donors (Lipinski definition) is 6. The van der Waals surface area contributed by atoms with E-state index in [-0.39, 0.29) is 17.6 Å². The van der Waals surface area contributed by atoms with E-state index in [1.54, 1.807) is 30.6 Å². The molecule has 2 aromatic rings. The molecule has 10 heteroatoms. The number of aromatic nitrogens is 2. The van der Waals surface area contributed by atoms with E-state index >= 15 is 0 Å². The molecule has 8 N–H and O–H groups in total. The number of carbonyl (C=O) groups is 1. The van der Waals surface area contributed by atoms with Crippen molar-refractivity contribution in [2.75, 3.05) is 16.1 Å². The lowest BCUT2D eigenvalue weighted by molar-refractivity contribution is 0.100. The zero-order valence-corrected chi connectivity index (χ0v) is 15.9. The predicted octanol–water partition coefficient (Wildman–Crippen LogP) is 2.05. The first-order chi connectivity index (χ1) is 14.1. The Morgan fingerprint density at radius 1 is 1.24 bits per heavy atom. The summed E-state index contributed by atoms with van der Waals surface area (Å²) < 4.78 is 0. The molecule has 29 heavy (non-hydrogen) atoms. The van der Waals surface area contributed by atoms with Crippen LogP contribution in [0.15, 0.2) is 35.7 Å². The maximum absolute atomic E-state index is 11.8. The quantitative estimate of drug-likeness (QED) is 0.294. The second-order valence-corrected chi connectivity index (χ2v) is 6.80. The molecule has 0 aromatic carbocycles. The van der Waals surface area contributed by atoms with Crippen molar-refractivity contribution in [3.05, 3.63) is 36.2 Å². The first-order valence-corrected chi connectivity index (χ1v) is 9.40.